The van der Waals surface area contributed by atoms with Crippen molar-refractivity contribution >= 4 is 27.5 Å². The summed E-state index contributed by atoms with van der Waals surface area (Å²) in [6.45, 7) is 0. The van der Waals surface area contributed by atoms with E-state index in [1.807, 2.05) is 53.5 Å². The zero-order valence-electron chi connectivity index (χ0n) is 10.6. The van der Waals surface area contributed by atoms with Gasteiger partial charge in [-0.2, -0.15) is 5.10 Å². The lowest BCUT2D eigenvalue weighted by Gasteiger charge is -2.07. The highest BCUT2D eigenvalue weighted by molar-refractivity contribution is 9.10. The highest BCUT2D eigenvalue weighted by atomic mass is 79.9. The van der Waals surface area contributed by atoms with E-state index in [1.165, 1.54) is 0 Å². The standard InChI is InChI=1S/C16H12BrClN2/c17-15-7-6-13(9-18)16(8-15)20-11-14(10-19-20)12-4-2-1-3-5-12/h1-8,10-11H,9H2. The van der Waals surface area contributed by atoms with Gasteiger partial charge < -0.3 is 0 Å². The molecular weight excluding hydrogens is 336 g/mol. The second-order valence-corrected chi connectivity index (χ2v) is 5.63. The molecule has 1 aromatic heterocycles. The third kappa shape index (κ3) is 2.65. The van der Waals surface area contributed by atoms with Crippen molar-refractivity contribution in [3.8, 4) is 16.8 Å². The van der Waals surface area contributed by atoms with E-state index in [0.29, 0.717) is 5.88 Å². The molecule has 0 fully saturated rings. The smallest absolute Gasteiger partial charge is 0.0701 e. The van der Waals surface area contributed by atoms with Gasteiger partial charge in [-0.3, -0.25) is 0 Å². The molecule has 0 saturated heterocycles. The van der Waals surface area contributed by atoms with Gasteiger partial charge in [-0.05, 0) is 23.3 Å². The Bertz CT molecular complexity index is 722. The minimum Gasteiger partial charge on any atom is -0.240 e. The number of hydrogen-bond donors (Lipinski definition) is 0. The van der Waals surface area contributed by atoms with Crippen LogP contribution in [0.1, 0.15) is 5.56 Å². The van der Waals surface area contributed by atoms with Gasteiger partial charge in [-0.1, -0.05) is 52.3 Å². The second-order valence-electron chi connectivity index (χ2n) is 4.45. The second kappa shape index (κ2) is 5.81. The van der Waals surface area contributed by atoms with Crippen molar-refractivity contribution in [2.45, 2.75) is 5.88 Å². The van der Waals surface area contributed by atoms with Gasteiger partial charge in [0.1, 0.15) is 0 Å². The molecule has 0 aliphatic heterocycles. The average Bonchev–Trinajstić information content (AvgIpc) is 2.98. The molecule has 0 aliphatic rings. The quantitative estimate of drug-likeness (QED) is 0.607. The fourth-order valence-electron chi connectivity index (χ4n) is 2.10. The Hall–Kier alpha value is -1.58. The Morgan fingerprint density at radius 2 is 1.85 bits per heavy atom. The van der Waals surface area contributed by atoms with Crippen LogP contribution in [0.3, 0.4) is 0 Å². The van der Waals surface area contributed by atoms with Crippen molar-refractivity contribution in [2.75, 3.05) is 0 Å². The van der Waals surface area contributed by atoms with E-state index in [1.54, 1.807) is 0 Å². The van der Waals surface area contributed by atoms with Gasteiger partial charge in [-0.15, -0.1) is 11.6 Å². The summed E-state index contributed by atoms with van der Waals surface area (Å²) in [5.74, 6) is 0.461. The van der Waals surface area contributed by atoms with Crippen molar-refractivity contribution in [3.05, 3.63) is 71.0 Å². The number of hydrogen-bond acceptors (Lipinski definition) is 1. The summed E-state index contributed by atoms with van der Waals surface area (Å²) in [7, 11) is 0. The van der Waals surface area contributed by atoms with E-state index in [9.17, 15) is 0 Å². The molecular formula is C16H12BrClN2. The maximum atomic E-state index is 6.00. The zero-order chi connectivity index (χ0) is 13.9. The number of alkyl halides is 1. The SMILES string of the molecule is ClCc1ccc(Br)cc1-n1cc(-c2ccccc2)cn1. The lowest BCUT2D eigenvalue weighted by Crippen LogP contribution is -1.98. The first-order valence-electron chi connectivity index (χ1n) is 6.23. The molecule has 1 heterocycles. The third-order valence-corrected chi connectivity index (χ3v) is 3.91. The highest BCUT2D eigenvalue weighted by Gasteiger charge is 2.07. The molecule has 3 aromatic rings. The molecule has 0 unspecified atom stereocenters. The Morgan fingerprint density at radius 3 is 2.60 bits per heavy atom. The van der Waals surface area contributed by atoms with Gasteiger partial charge >= 0.3 is 0 Å². The van der Waals surface area contributed by atoms with Crippen molar-refractivity contribution in [1.82, 2.24) is 9.78 Å². The molecule has 100 valence electrons. The molecule has 0 spiro atoms. The monoisotopic (exact) mass is 346 g/mol. The van der Waals surface area contributed by atoms with E-state index >= 15 is 0 Å². The van der Waals surface area contributed by atoms with Gasteiger partial charge in [0.2, 0.25) is 0 Å². The Morgan fingerprint density at radius 1 is 1.05 bits per heavy atom. The number of halogens is 2. The predicted molar refractivity (Wildman–Crippen MR) is 86.3 cm³/mol. The summed E-state index contributed by atoms with van der Waals surface area (Å²) in [6.07, 6.45) is 3.89. The van der Waals surface area contributed by atoms with Gasteiger partial charge in [0.05, 0.1) is 11.9 Å². The van der Waals surface area contributed by atoms with Gasteiger partial charge in [-0.25, -0.2) is 4.68 Å². The van der Waals surface area contributed by atoms with Crippen LogP contribution in [-0.2, 0) is 5.88 Å². The maximum absolute atomic E-state index is 6.00. The predicted octanol–water partition coefficient (Wildman–Crippen LogP) is 5.04. The lowest BCUT2D eigenvalue weighted by molar-refractivity contribution is 0.870. The fourth-order valence-corrected chi connectivity index (χ4v) is 2.67. The number of benzene rings is 2. The van der Waals surface area contributed by atoms with E-state index in [-0.39, 0.29) is 0 Å². The molecule has 3 rings (SSSR count). The Balaban J connectivity index is 2.04. The van der Waals surface area contributed by atoms with Gasteiger partial charge in [0.15, 0.2) is 0 Å². The lowest BCUT2D eigenvalue weighted by atomic mass is 10.1. The largest absolute Gasteiger partial charge is 0.240 e. The van der Waals surface area contributed by atoms with Crippen molar-refractivity contribution in [2.24, 2.45) is 0 Å². The summed E-state index contributed by atoms with van der Waals surface area (Å²) in [4.78, 5) is 0. The first-order chi connectivity index (χ1) is 9.78. The summed E-state index contributed by atoms with van der Waals surface area (Å²) >= 11 is 9.49. The molecule has 4 heteroatoms. The average molecular weight is 348 g/mol. The molecule has 0 aliphatic carbocycles. The van der Waals surface area contributed by atoms with E-state index in [0.717, 1.165) is 26.9 Å². The molecule has 2 aromatic carbocycles. The summed E-state index contributed by atoms with van der Waals surface area (Å²) in [6, 6.07) is 16.2. The van der Waals surface area contributed by atoms with Crippen molar-refractivity contribution in [1.29, 1.82) is 0 Å². The van der Waals surface area contributed by atoms with E-state index in [2.05, 4.69) is 33.2 Å². The topological polar surface area (TPSA) is 17.8 Å². The van der Waals surface area contributed by atoms with Crippen LogP contribution in [0.5, 0.6) is 0 Å². The summed E-state index contributed by atoms with van der Waals surface area (Å²) < 4.78 is 2.88. The van der Waals surface area contributed by atoms with Crippen LogP contribution < -0.4 is 0 Å². The first kappa shape index (κ1) is 13.4. The maximum Gasteiger partial charge on any atom is 0.0701 e. The minimum absolute atomic E-state index is 0.461. The van der Waals surface area contributed by atoms with Crippen LogP contribution in [0.25, 0.3) is 16.8 Å². The minimum atomic E-state index is 0.461. The van der Waals surface area contributed by atoms with E-state index < -0.39 is 0 Å². The number of aromatic nitrogens is 2. The van der Waals surface area contributed by atoms with E-state index in [4.69, 9.17) is 11.6 Å². The Labute approximate surface area is 131 Å². The molecule has 0 N–H and O–H groups in total. The van der Waals surface area contributed by atoms with Crippen LogP contribution in [0.15, 0.2) is 65.4 Å². The van der Waals surface area contributed by atoms with Crippen LogP contribution in [0.2, 0.25) is 0 Å². The normalized spacial score (nSPS) is 10.7. The first-order valence-corrected chi connectivity index (χ1v) is 7.55. The third-order valence-electron chi connectivity index (χ3n) is 3.13. The van der Waals surface area contributed by atoms with Crippen LogP contribution >= 0.6 is 27.5 Å². The summed E-state index contributed by atoms with van der Waals surface area (Å²) in [5.41, 5.74) is 4.29. The zero-order valence-corrected chi connectivity index (χ0v) is 13.0. The fraction of sp³-hybridized carbons (Fsp3) is 0.0625. The van der Waals surface area contributed by atoms with Crippen LogP contribution in [0.4, 0.5) is 0 Å². The summed E-state index contributed by atoms with van der Waals surface area (Å²) in [5, 5.41) is 4.45. The number of rotatable bonds is 3. The molecule has 0 saturated carbocycles. The van der Waals surface area contributed by atoms with Gasteiger partial charge in [0, 0.05) is 22.1 Å². The molecule has 0 atom stereocenters. The molecule has 0 bridgehead atoms. The molecule has 0 radical (unpaired) electrons. The van der Waals surface area contributed by atoms with Crippen LogP contribution in [-0.4, -0.2) is 9.78 Å². The van der Waals surface area contributed by atoms with Gasteiger partial charge in [0.25, 0.3) is 0 Å². The van der Waals surface area contributed by atoms with Crippen molar-refractivity contribution < 1.29 is 0 Å². The van der Waals surface area contributed by atoms with Crippen molar-refractivity contribution in [3.63, 3.8) is 0 Å². The molecule has 2 nitrogen and oxygen atoms in total. The number of nitrogens with zero attached hydrogens (tertiary/aromatic N) is 2. The van der Waals surface area contributed by atoms with Crippen LogP contribution in [0, 0.1) is 0 Å². The molecule has 20 heavy (non-hydrogen) atoms. The highest BCUT2D eigenvalue weighted by Crippen LogP contribution is 2.24. The Kier molecular flexibility index (Phi) is 3.90. The molecule has 0 amide bonds.